The van der Waals surface area contributed by atoms with Crippen LogP contribution in [-0.4, -0.2) is 38.7 Å². The molecular weight excluding hydrogens is 334 g/mol. The van der Waals surface area contributed by atoms with Crippen LogP contribution in [0.2, 0.25) is 0 Å². The van der Waals surface area contributed by atoms with Gasteiger partial charge < -0.3 is 14.6 Å². The minimum Gasteiger partial charge on any atom is -0.465 e. The first-order chi connectivity index (χ1) is 10.1. The fourth-order valence-corrected chi connectivity index (χ4v) is 3.01. The first-order valence-electron chi connectivity index (χ1n) is 6.88. The maximum Gasteiger partial charge on any atom is 0.407 e. The number of imidazole rings is 1. The lowest BCUT2D eigenvalue weighted by atomic mass is 10.1. The second-order valence-corrected chi connectivity index (χ2v) is 6.21. The molecule has 3 rings (SSSR count). The summed E-state index contributed by atoms with van der Waals surface area (Å²) in [5.74, 6) is 1.28. The molecule has 6 heteroatoms. The van der Waals surface area contributed by atoms with Crippen molar-refractivity contribution in [3.63, 3.8) is 0 Å². The van der Waals surface area contributed by atoms with Crippen molar-refractivity contribution in [3.8, 4) is 11.4 Å². The van der Waals surface area contributed by atoms with E-state index >= 15 is 0 Å². The van der Waals surface area contributed by atoms with E-state index < -0.39 is 6.09 Å². The van der Waals surface area contributed by atoms with Crippen LogP contribution in [0.1, 0.15) is 6.42 Å². The average molecular weight is 350 g/mol. The van der Waals surface area contributed by atoms with Crippen molar-refractivity contribution in [1.29, 1.82) is 0 Å². The second-order valence-electron chi connectivity index (χ2n) is 5.29. The summed E-state index contributed by atoms with van der Waals surface area (Å²) in [5, 5.41) is 9.02. The molecule has 0 aliphatic carbocycles. The highest BCUT2D eigenvalue weighted by atomic mass is 79.9. The average Bonchev–Trinajstić information content (AvgIpc) is 3.10. The van der Waals surface area contributed by atoms with Gasteiger partial charge in [0.25, 0.3) is 0 Å². The Kier molecular flexibility index (Phi) is 3.96. The van der Waals surface area contributed by atoms with E-state index in [-0.39, 0.29) is 0 Å². The Hall–Kier alpha value is -1.82. The Morgan fingerprint density at radius 3 is 2.81 bits per heavy atom. The number of carbonyl (C=O) groups is 1. The lowest BCUT2D eigenvalue weighted by molar-refractivity contribution is 0.153. The molecule has 1 aromatic carbocycles. The van der Waals surface area contributed by atoms with Gasteiger partial charge >= 0.3 is 6.09 Å². The van der Waals surface area contributed by atoms with Crippen LogP contribution in [0.3, 0.4) is 0 Å². The van der Waals surface area contributed by atoms with Gasteiger partial charge in [-0.15, -0.1) is 0 Å². The van der Waals surface area contributed by atoms with Gasteiger partial charge in [-0.3, -0.25) is 0 Å². The first-order valence-corrected chi connectivity index (χ1v) is 7.68. The molecule has 1 aliphatic rings. The fraction of sp³-hybridized carbons (Fsp3) is 0.333. The quantitative estimate of drug-likeness (QED) is 0.924. The molecule has 110 valence electrons. The van der Waals surface area contributed by atoms with Gasteiger partial charge in [0.05, 0.1) is 0 Å². The smallest absolute Gasteiger partial charge is 0.407 e. The third-order valence-electron chi connectivity index (χ3n) is 3.83. The van der Waals surface area contributed by atoms with Gasteiger partial charge in [-0.1, -0.05) is 28.1 Å². The van der Waals surface area contributed by atoms with Gasteiger partial charge in [0.15, 0.2) is 0 Å². The van der Waals surface area contributed by atoms with Gasteiger partial charge in [0.2, 0.25) is 0 Å². The van der Waals surface area contributed by atoms with Crippen molar-refractivity contribution < 1.29 is 9.90 Å². The molecular formula is C15H16BrN3O2. The largest absolute Gasteiger partial charge is 0.465 e. The summed E-state index contributed by atoms with van der Waals surface area (Å²) < 4.78 is 3.15. The van der Waals surface area contributed by atoms with Crippen molar-refractivity contribution in [3.05, 3.63) is 41.1 Å². The molecule has 2 aromatic rings. The van der Waals surface area contributed by atoms with Crippen LogP contribution in [0.5, 0.6) is 0 Å². The summed E-state index contributed by atoms with van der Waals surface area (Å²) in [4.78, 5) is 16.9. The summed E-state index contributed by atoms with van der Waals surface area (Å²) in [6, 6.07) is 8.05. The lowest BCUT2D eigenvalue weighted by Gasteiger charge is -2.14. The van der Waals surface area contributed by atoms with Crippen LogP contribution in [-0.2, 0) is 6.54 Å². The third-order valence-corrected chi connectivity index (χ3v) is 4.36. The normalized spacial score (nSPS) is 18.1. The van der Waals surface area contributed by atoms with Crippen molar-refractivity contribution in [2.75, 3.05) is 13.1 Å². The zero-order chi connectivity index (χ0) is 14.8. The van der Waals surface area contributed by atoms with Gasteiger partial charge in [-0.05, 0) is 24.5 Å². The Morgan fingerprint density at radius 1 is 1.38 bits per heavy atom. The summed E-state index contributed by atoms with van der Waals surface area (Å²) in [5.41, 5.74) is 1.07. The molecule has 1 saturated heterocycles. The molecule has 0 unspecified atom stereocenters. The van der Waals surface area contributed by atoms with Crippen LogP contribution in [0.15, 0.2) is 41.1 Å². The number of rotatable bonds is 3. The summed E-state index contributed by atoms with van der Waals surface area (Å²) >= 11 is 3.43. The molecule has 1 atom stereocenters. The van der Waals surface area contributed by atoms with Crippen molar-refractivity contribution in [1.82, 2.24) is 14.5 Å². The number of benzene rings is 1. The van der Waals surface area contributed by atoms with E-state index in [2.05, 4.69) is 25.5 Å². The van der Waals surface area contributed by atoms with E-state index in [0.29, 0.717) is 19.0 Å². The molecule has 0 radical (unpaired) electrons. The molecule has 21 heavy (non-hydrogen) atoms. The Bertz CT molecular complexity index is 639. The number of halogens is 1. The molecule has 2 heterocycles. The number of carboxylic acid groups (broad SMARTS) is 1. The number of hydrogen-bond donors (Lipinski definition) is 1. The maximum atomic E-state index is 11.0. The zero-order valence-electron chi connectivity index (χ0n) is 11.4. The third kappa shape index (κ3) is 3.10. The van der Waals surface area contributed by atoms with E-state index in [0.717, 1.165) is 28.8 Å². The van der Waals surface area contributed by atoms with Crippen LogP contribution in [0.4, 0.5) is 4.79 Å². The van der Waals surface area contributed by atoms with Crippen molar-refractivity contribution in [2.45, 2.75) is 13.0 Å². The fourth-order valence-electron chi connectivity index (χ4n) is 2.75. The molecule has 1 aromatic heterocycles. The highest BCUT2D eigenvalue weighted by molar-refractivity contribution is 9.10. The van der Waals surface area contributed by atoms with E-state index in [4.69, 9.17) is 5.11 Å². The molecule has 5 nitrogen and oxygen atoms in total. The van der Waals surface area contributed by atoms with Crippen LogP contribution in [0.25, 0.3) is 11.4 Å². The van der Waals surface area contributed by atoms with E-state index in [1.165, 1.54) is 4.90 Å². The van der Waals surface area contributed by atoms with Crippen LogP contribution >= 0.6 is 15.9 Å². The molecule has 0 saturated carbocycles. The van der Waals surface area contributed by atoms with Crippen molar-refractivity contribution in [2.24, 2.45) is 5.92 Å². The molecule has 1 aliphatic heterocycles. The number of aromatic nitrogens is 2. The highest BCUT2D eigenvalue weighted by Crippen LogP contribution is 2.24. The molecule has 0 bridgehead atoms. The summed E-state index contributed by atoms with van der Waals surface area (Å²) in [6.45, 7) is 2.03. The Balaban J connectivity index is 1.74. The Morgan fingerprint density at radius 2 is 2.14 bits per heavy atom. The maximum absolute atomic E-state index is 11.0. The zero-order valence-corrected chi connectivity index (χ0v) is 13.0. The number of nitrogens with zero attached hydrogens (tertiary/aromatic N) is 3. The van der Waals surface area contributed by atoms with E-state index in [1.807, 2.05) is 30.5 Å². The second kappa shape index (κ2) is 5.89. The van der Waals surface area contributed by atoms with Crippen LogP contribution < -0.4 is 0 Å². The topological polar surface area (TPSA) is 58.4 Å². The summed E-state index contributed by atoms with van der Waals surface area (Å²) in [6.07, 6.45) is 3.84. The van der Waals surface area contributed by atoms with Gasteiger partial charge in [0, 0.05) is 42.1 Å². The monoisotopic (exact) mass is 349 g/mol. The predicted molar refractivity (Wildman–Crippen MR) is 83.1 cm³/mol. The van der Waals surface area contributed by atoms with Gasteiger partial charge in [-0.25, -0.2) is 9.78 Å². The van der Waals surface area contributed by atoms with E-state index in [1.54, 1.807) is 6.20 Å². The number of amides is 1. The predicted octanol–water partition coefficient (Wildman–Crippen LogP) is 3.31. The highest BCUT2D eigenvalue weighted by Gasteiger charge is 2.26. The minimum absolute atomic E-state index is 0.351. The molecule has 0 spiro atoms. The number of hydrogen-bond acceptors (Lipinski definition) is 2. The summed E-state index contributed by atoms with van der Waals surface area (Å²) in [7, 11) is 0. The number of likely N-dealkylation sites (tertiary alicyclic amines) is 1. The SMILES string of the molecule is O=C(O)N1CC[C@H](Cn2ccnc2-c2ccc(Br)cc2)C1. The minimum atomic E-state index is -0.823. The molecule has 1 amide bonds. The molecule has 1 fully saturated rings. The Labute approximate surface area is 131 Å². The molecule has 1 N–H and O–H groups in total. The lowest BCUT2D eigenvalue weighted by Crippen LogP contribution is -2.27. The van der Waals surface area contributed by atoms with E-state index in [9.17, 15) is 4.79 Å². The van der Waals surface area contributed by atoms with Gasteiger partial charge in [-0.2, -0.15) is 0 Å². The van der Waals surface area contributed by atoms with Crippen LogP contribution in [0, 0.1) is 5.92 Å². The first kappa shape index (κ1) is 14.1. The standard InChI is InChI=1S/C15H16BrN3O2/c16-13-3-1-12(2-4-13)14-17-6-8-18(14)9-11-5-7-19(10-11)15(20)21/h1-4,6,8,11H,5,7,9-10H2,(H,20,21)/t11-/m1/s1. The van der Waals surface area contributed by atoms with Crippen molar-refractivity contribution >= 4 is 22.0 Å². The van der Waals surface area contributed by atoms with Gasteiger partial charge in [0.1, 0.15) is 5.82 Å².